The molecule has 15 heavy (non-hydrogen) atoms. The molecule has 2 aliphatic rings. The van der Waals surface area contributed by atoms with Crippen molar-refractivity contribution in [3.8, 4) is 0 Å². The summed E-state index contributed by atoms with van der Waals surface area (Å²) >= 11 is 0. The fraction of sp³-hybridized carbons (Fsp3) is 1.00. The summed E-state index contributed by atoms with van der Waals surface area (Å²) in [6.07, 6.45) is 7.27. The molecule has 0 aliphatic heterocycles. The zero-order chi connectivity index (χ0) is 11.3. The van der Waals surface area contributed by atoms with Crippen molar-refractivity contribution < 1.29 is 5.11 Å². The number of fused-ring (bicyclic) bond motifs is 1. The predicted molar refractivity (Wildman–Crippen MR) is 63.7 cm³/mol. The number of hydrogen-bond acceptors (Lipinski definition) is 1. The fourth-order valence-electron chi connectivity index (χ4n) is 3.68. The van der Waals surface area contributed by atoms with Gasteiger partial charge in [0.1, 0.15) is 0 Å². The molecule has 1 heteroatoms. The summed E-state index contributed by atoms with van der Waals surface area (Å²) in [5.41, 5.74) is 0.632. The molecule has 0 spiro atoms. The predicted octanol–water partition coefficient (Wildman–Crippen LogP) is 3.75. The second-order valence-electron chi connectivity index (χ2n) is 7.42. The topological polar surface area (TPSA) is 20.2 Å². The Morgan fingerprint density at radius 2 is 1.47 bits per heavy atom. The Hall–Kier alpha value is -0.0400. The van der Waals surface area contributed by atoms with E-state index in [4.69, 9.17) is 0 Å². The molecule has 88 valence electrons. The normalized spacial score (nSPS) is 49.8. The van der Waals surface area contributed by atoms with Crippen molar-refractivity contribution >= 4 is 0 Å². The molecule has 0 amide bonds. The van der Waals surface area contributed by atoms with Crippen LogP contribution in [0.5, 0.6) is 0 Å². The summed E-state index contributed by atoms with van der Waals surface area (Å²) < 4.78 is 0. The molecule has 0 aromatic rings. The van der Waals surface area contributed by atoms with Gasteiger partial charge in [0.2, 0.25) is 0 Å². The summed E-state index contributed by atoms with van der Waals surface area (Å²) in [6, 6.07) is 0. The highest BCUT2D eigenvalue weighted by atomic mass is 16.3. The molecule has 2 aliphatic carbocycles. The molecule has 3 atom stereocenters. The minimum Gasteiger partial charge on any atom is -0.390 e. The van der Waals surface area contributed by atoms with Gasteiger partial charge in [-0.2, -0.15) is 0 Å². The van der Waals surface area contributed by atoms with Crippen LogP contribution in [0.15, 0.2) is 0 Å². The summed E-state index contributed by atoms with van der Waals surface area (Å²) in [6.45, 7) is 9.24. The zero-order valence-corrected chi connectivity index (χ0v) is 10.8. The van der Waals surface area contributed by atoms with Crippen LogP contribution in [-0.2, 0) is 0 Å². The van der Waals surface area contributed by atoms with E-state index in [1.807, 2.05) is 6.92 Å². The minimum absolute atomic E-state index is 0.391. The zero-order valence-electron chi connectivity index (χ0n) is 10.8. The van der Waals surface area contributed by atoms with Gasteiger partial charge in [0.25, 0.3) is 0 Å². The van der Waals surface area contributed by atoms with Crippen LogP contribution in [0.4, 0.5) is 0 Å². The average Bonchev–Trinajstić information content (AvgIpc) is 2.07. The van der Waals surface area contributed by atoms with Gasteiger partial charge >= 0.3 is 0 Å². The van der Waals surface area contributed by atoms with Gasteiger partial charge in [-0.25, -0.2) is 0 Å². The van der Waals surface area contributed by atoms with Crippen LogP contribution in [0.25, 0.3) is 0 Å². The Balaban J connectivity index is 2.15. The lowest BCUT2D eigenvalue weighted by atomic mass is 9.53. The number of aliphatic hydroxyl groups is 1. The van der Waals surface area contributed by atoms with Gasteiger partial charge < -0.3 is 5.11 Å². The first-order valence-corrected chi connectivity index (χ1v) is 6.45. The summed E-state index contributed by atoms with van der Waals surface area (Å²) in [5.74, 6) is 0.741. The standard InChI is InChI=1S/C14H26O/c1-12(2)5-6-13(3)7-8-14(4,15)10-11(13)9-12/h11,15H,5-10H2,1-4H3/t11-,13?,14?/m0/s1. The third kappa shape index (κ3) is 2.22. The molecule has 2 fully saturated rings. The van der Waals surface area contributed by atoms with E-state index in [2.05, 4.69) is 20.8 Å². The molecule has 0 aromatic carbocycles. The second-order valence-corrected chi connectivity index (χ2v) is 7.42. The quantitative estimate of drug-likeness (QED) is 0.645. The van der Waals surface area contributed by atoms with Crippen molar-refractivity contribution in [3.63, 3.8) is 0 Å². The van der Waals surface area contributed by atoms with E-state index in [0.717, 1.165) is 18.8 Å². The van der Waals surface area contributed by atoms with Crippen molar-refractivity contribution in [1.82, 2.24) is 0 Å². The van der Waals surface area contributed by atoms with Gasteiger partial charge in [-0.3, -0.25) is 0 Å². The van der Waals surface area contributed by atoms with E-state index in [-0.39, 0.29) is 0 Å². The van der Waals surface area contributed by atoms with E-state index in [9.17, 15) is 5.11 Å². The molecule has 0 saturated heterocycles. The largest absolute Gasteiger partial charge is 0.390 e. The maximum atomic E-state index is 10.2. The third-order valence-electron chi connectivity index (χ3n) is 5.08. The number of rotatable bonds is 0. The van der Waals surface area contributed by atoms with Crippen molar-refractivity contribution in [2.75, 3.05) is 0 Å². The molecule has 2 rings (SSSR count). The lowest BCUT2D eigenvalue weighted by Crippen LogP contribution is -2.47. The smallest absolute Gasteiger partial charge is 0.0622 e. The lowest BCUT2D eigenvalue weighted by molar-refractivity contribution is -0.0873. The van der Waals surface area contributed by atoms with E-state index in [1.54, 1.807) is 0 Å². The van der Waals surface area contributed by atoms with Gasteiger partial charge in [-0.1, -0.05) is 20.8 Å². The van der Waals surface area contributed by atoms with Gasteiger partial charge in [0.05, 0.1) is 5.60 Å². The molecule has 1 N–H and O–H groups in total. The molecule has 1 nitrogen and oxygen atoms in total. The highest BCUT2D eigenvalue weighted by Gasteiger charge is 2.48. The van der Waals surface area contributed by atoms with Crippen molar-refractivity contribution in [3.05, 3.63) is 0 Å². The van der Waals surface area contributed by atoms with Crippen molar-refractivity contribution in [1.29, 1.82) is 0 Å². The monoisotopic (exact) mass is 210 g/mol. The molecule has 0 radical (unpaired) electrons. The fourth-order valence-corrected chi connectivity index (χ4v) is 3.68. The lowest BCUT2D eigenvalue weighted by Gasteiger charge is -2.53. The Labute approximate surface area is 94.3 Å². The highest BCUT2D eigenvalue weighted by molar-refractivity contribution is 4.99. The summed E-state index contributed by atoms with van der Waals surface area (Å²) in [5, 5.41) is 10.2. The minimum atomic E-state index is -0.391. The molecule has 0 heterocycles. The van der Waals surface area contributed by atoms with Crippen LogP contribution in [0, 0.1) is 16.7 Å². The van der Waals surface area contributed by atoms with Crippen molar-refractivity contribution in [2.45, 2.75) is 71.8 Å². The van der Waals surface area contributed by atoms with Crippen LogP contribution in [0.3, 0.4) is 0 Å². The molecular formula is C14H26O. The first kappa shape index (κ1) is 11.4. The van der Waals surface area contributed by atoms with Gasteiger partial charge in [0.15, 0.2) is 0 Å². The van der Waals surface area contributed by atoms with E-state index in [1.165, 1.54) is 25.7 Å². The molecule has 0 bridgehead atoms. The van der Waals surface area contributed by atoms with Crippen LogP contribution in [0.2, 0.25) is 0 Å². The van der Waals surface area contributed by atoms with E-state index < -0.39 is 5.60 Å². The van der Waals surface area contributed by atoms with E-state index >= 15 is 0 Å². The summed E-state index contributed by atoms with van der Waals surface area (Å²) in [7, 11) is 0. The summed E-state index contributed by atoms with van der Waals surface area (Å²) in [4.78, 5) is 0. The van der Waals surface area contributed by atoms with Crippen LogP contribution < -0.4 is 0 Å². The second kappa shape index (κ2) is 3.23. The Bertz CT molecular complexity index is 230. The van der Waals surface area contributed by atoms with Gasteiger partial charge in [0, 0.05) is 0 Å². The first-order chi connectivity index (χ1) is 6.73. The first-order valence-electron chi connectivity index (χ1n) is 6.45. The van der Waals surface area contributed by atoms with Gasteiger partial charge in [-0.15, -0.1) is 0 Å². The van der Waals surface area contributed by atoms with E-state index in [0.29, 0.717) is 10.8 Å². The molecular weight excluding hydrogens is 184 g/mol. The Morgan fingerprint density at radius 1 is 0.867 bits per heavy atom. The molecule has 2 unspecified atom stereocenters. The maximum Gasteiger partial charge on any atom is 0.0622 e. The maximum absolute atomic E-state index is 10.2. The van der Waals surface area contributed by atoms with Crippen LogP contribution >= 0.6 is 0 Å². The van der Waals surface area contributed by atoms with Crippen LogP contribution in [0.1, 0.15) is 66.2 Å². The van der Waals surface area contributed by atoms with Crippen molar-refractivity contribution in [2.24, 2.45) is 16.7 Å². The Kier molecular flexibility index (Phi) is 2.46. The molecule has 0 aromatic heterocycles. The average molecular weight is 210 g/mol. The molecule has 2 saturated carbocycles. The number of hydrogen-bond donors (Lipinski definition) is 1. The van der Waals surface area contributed by atoms with Crippen LogP contribution in [-0.4, -0.2) is 10.7 Å². The SMILES string of the molecule is CC1(C)CCC2(C)CCC(C)(O)C[C@@H]2C1. The third-order valence-corrected chi connectivity index (χ3v) is 5.08. The Morgan fingerprint density at radius 3 is 2.13 bits per heavy atom. The van der Waals surface area contributed by atoms with Gasteiger partial charge in [-0.05, 0) is 62.2 Å². The highest BCUT2D eigenvalue weighted by Crippen LogP contribution is 2.56.